The number of rotatable bonds is 3. The van der Waals surface area contributed by atoms with Gasteiger partial charge in [-0.25, -0.2) is 4.98 Å². The molecule has 0 spiro atoms. The highest BCUT2D eigenvalue weighted by Crippen LogP contribution is 2.24. The number of amidine groups is 1. The number of nitrogens with two attached hydrogens (primary N) is 1. The van der Waals surface area contributed by atoms with E-state index >= 15 is 0 Å². The van der Waals surface area contributed by atoms with E-state index in [-0.39, 0.29) is 5.84 Å². The number of aromatic nitrogens is 1. The Hall–Kier alpha value is -1.62. The van der Waals surface area contributed by atoms with Gasteiger partial charge in [-0.05, 0) is 39.6 Å². The first kappa shape index (κ1) is 12.8. The number of nitrogens with zero attached hydrogens (tertiary/aromatic N) is 3. The van der Waals surface area contributed by atoms with Gasteiger partial charge in [-0.1, -0.05) is 0 Å². The molecule has 2 rings (SSSR count). The lowest BCUT2D eigenvalue weighted by Gasteiger charge is -2.23. The predicted molar refractivity (Wildman–Crippen MR) is 74.3 cm³/mol. The van der Waals surface area contributed by atoms with Crippen LogP contribution in [0.5, 0.6) is 0 Å². The summed E-state index contributed by atoms with van der Waals surface area (Å²) in [7, 11) is 4.20. The molecule has 1 atom stereocenters. The molecule has 1 fully saturated rings. The lowest BCUT2D eigenvalue weighted by atomic mass is 10.2. The van der Waals surface area contributed by atoms with E-state index in [1.165, 1.54) is 0 Å². The molecule has 1 aliphatic heterocycles. The maximum atomic E-state index is 7.65. The minimum atomic E-state index is 0.0887. The Balaban J connectivity index is 2.28. The lowest BCUT2D eigenvalue weighted by Crippen LogP contribution is -2.32. The summed E-state index contributed by atoms with van der Waals surface area (Å²) in [5.74, 6) is 0.942. The summed E-state index contributed by atoms with van der Waals surface area (Å²) in [5.41, 5.74) is 7.33. The first-order valence-electron chi connectivity index (χ1n) is 6.22. The topological polar surface area (TPSA) is 69.2 Å². The standard InChI is InChI=1S/C13H21N5/c1-9-4-5-11(12(14)15)13(16-9)18-7-6-10(8-18)17(2)3/h4-5,10H,6-8H2,1-3H3,(H3,14,15). The minimum absolute atomic E-state index is 0.0887. The van der Waals surface area contributed by atoms with Gasteiger partial charge in [-0.2, -0.15) is 0 Å². The summed E-state index contributed by atoms with van der Waals surface area (Å²) >= 11 is 0. The third-order valence-corrected chi connectivity index (χ3v) is 3.50. The number of anilines is 1. The van der Waals surface area contributed by atoms with Gasteiger partial charge in [0.1, 0.15) is 11.7 Å². The van der Waals surface area contributed by atoms with Crippen LogP contribution in [0, 0.1) is 12.3 Å². The number of likely N-dealkylation sites (N-methyl/N-ethyl adjacent to an activating group) is 1. The van der Waals surface area contributed by atoms with E-state index in [2.05, 4.69) is 28.9 Å². The molecule has 3 N–H and O–H groups in total. The van der Waals surface area contributed by atoms with E-state index in [4.69, 9.17) is 11.1 Å². The predicted octanol–water partition coefficient (Wildman–Crippen LogP) is 0.814. The van der Waals surface area contributed by atoms with Gasteiger partial charge in [0.2, 0.25) is 0 Å². The van der Waals surface area contributed by atoms with Crippen molar-refractivity contribution in [1.82, 2.24) is 9.88 Å². The molecule has 1 aromatic rings. The summed E-state index contributed by atoms with van der Waals surface area (Å²) in [6, 6.07) is 4.34. The van der Waals surface area contributed by atoms with Crippen molar-refractivity contribution in [2.24, 2.45) is 5.73 Å². The first-order valence-corrected chi connectivity index (χ1v) is 6.22. The van der Waals surface area contributed by atoms with Crippen LogP contribution in [0.1, 0.15) is 17.7 Å². The van der Waals surface area contributed by atoms with Crippen LogP contribution < -0.4 is 10.6 Å². The Morgan fingerprint density at radius 2 is 2.22 bits per heavy atom. The van der Waals surface area contributed by atoms with E-state index in [9.17, 15) is 0 Å². The number of aryl methyl sites for hydroxylation is 1. The van der Waals surface area contributed by atoms with Crippen molar-refractivity contribution in [3.8, 4) is 0 Å². The molecular weight excluding hydrogens is 226 g/mol. The number of pyridine rings is 1. The van der Waals surface area contributed by atoms with Crippen molar-refractivity contribution >= 4 is 11.7 Å². The highest BCUT2D eigenvalue weighted by molar-refractivity contribution is 5.99. The molecule has 0 aromatic carbocycles. The quantitative estimate of drug-likeness (QED) is 0.613. The SMILES string of the molecule is Cc1ccc(C(=N)N)c(N2CCC(N(C)C)C2)n1. The number of nitrogens with one attached hydrogen (secondary N) is 1. The van der Waals surface area contributed by atoms with Gasteiger partial charge in [0.25, 0.3) is 0 Å². The van der Waals surface area contributed by atoms with Crippen LogP contribution in [-0.2, 0) is 0 Å². The van der Waals surface area contributed by atoms with E-state index < -0.39 is 0 Å². The van der Waals surface area contributed by atoms with Gasteiger partial charge >= 0.3 is 0 Å². The van der Waals surface area contributed by atoms with Crippen molar-refractivity contribution in [3.05, 3.63) is 23.4 Å². The lowest BCUT2D eigenvalue weighted by molar-refractivity contribution is 0.315. The van der Waals surface area contributed by atoms with E-state index in [1.807, 2.05) is 19.1 Å². The smallest absolute Gasteiger partial charge is 0.139 e. The minimum Gasteiger partial charge on any atom is -0.384 e. The molecule has 1 unspecified atom stereocenters. The molecule has 0 bridgehead atoms. The average molecular weight is 247 g/mol. The molecule has 18 heavy (non-hydrogen) atoms. The van der Waals surface area contributed by atoms with Crippen molar-refractivity contribution in [2.45, 2.75) is 19.4 Å². The van der Waals surface area contributed by atoms with Crippen molar-refractivity contribution < 1.29 is 0 Å². The van der Waals surface area contributed by atoms with Crippen LogP contribution in [0.15, 0.2) is 12.1 Å². The second-order valence-electron chi connectivity index (χ2n) is 5.09. The largest absolute Gasteiger partial charge is 0.384 e. The Morgan fingerprint density at radius 3 is 2.78 bits per heavy atom. The summed E-state index contributed by atoms with van der Waals surface area (Å²) in [5, 5.41) is 7.65. The molecule has 98 valence electrons. The fourth-order valence-corrected chi connectivity index (χ4v) is 2.35. The Bertz CT molecular complexity index is 455. The monoisotopic (exact) mass is 247 g/mol. The molecule has 0 radical (unpaired) electrons. The molecular formula is C13H21N5. The van der Waals surface area contributed by atoms with Gasteiger partial charge < -0.3 is 15.5 Å². The number of hydrogen-bond acceptors (Lipinski definition) is 4. The summed E-state index contributed by atoms with van der Waals surface area (Å²) in [6.07, 6.45) is 1.12. The Kier molecular flexibility index (Phi) is 3.52. The maximum absolute atomic E-state index is 7.65. The van der Waals surface area contributed by atoms with Crippen LogP contribution in [0.4, 0.5) is 5.82 Å². The highest BCUT2D eigenvalue weighted by atomic mass is 15.3. The molecule has 5 heteroatoms. The van der Waals surface area contributed by atoms with Gasteiger partial charge in [-0.15, -0.1) is 0 Å². The molecule has 1 aromatic heterocycles. The van der Waals surface area contributed by atoms with E-state index in [0.29, 0.717) is 6.04 Å². The Labute approximate surface area is 108 Å². The summed E-state index contributed by atoms with van der Waals surface area (Å²) in [4.78, 5) is 9.03. The molecule has 0 amide bonds. The third kappa shape index (κ3) is 2.46. The van der Waals surface area contributed by atoms with Crippen LogP contribution in [0.2, 0.25) is 0 Å². The van der Waals surface area contributed by atoms with Gasteiger partial charge in [0.15, 0.2) is 0 Å². The van der Waals surface area contributed by atoms with Crippen LogP contribution in [0.3, 0.4) is 0 Å². The van der Waals surface area contributed by atoms with Gasteiger partial charge in [-0.3, -0.25) is 5.41 Å². The fraction of sp³-hybridized carbons (Fsp3) is 0.538. The van der Waals surface area contributed by atoms with Crippen LogP contribution >= 0.6 is 0 Å². The second kappa shape index (κ2) is 4.94. The normalized spacial score (nSPS) is 19.6. The Morgan fingerprint density at radius 1 is 1.50 bits per heavy atom. The molecule has 2 heterocycles. The zero-order valence-corrected chi connectivity index (χ0v) is 11.3. The highest BCUT2D eigenvalue weighted by Gasteiger charge is 2.26. The van der Waals surface area contributed by atoms with Crippen molar-refractivity contribution in [2.75, 3.05) is 32.1 Å². The molecule has 5 nitrogen and oxygen atoms in total. The van der Waals surface area contributed by atoms with Crippen molar-refractivity contribution in [1.29, 1.82) is 5.41 Å². The van der Waals surface area contributed by atoms with Crippen LogP contribution in [0.25, 0.3) is 0 Å². The molecule has 0 aliphatic carbocycles. The van der Waals surface area contributed by atoms with E-state index in [1.54, 1.807) is 0 Å². The third-order valence-electron chi connectivity index (χ3n) is 3.50. The van der Waals surface area contributed by atoms with Crippen molar-refractivity contribution in [3.63, 3.8) is 0 Å². The van der Waals surface area contributed by atoms with Gasteiger partial charge in [0.05, 0.1) is 5.56 Å². The molecule has 1 saturated heterocycles. The number of nitrogen functional groups attached to an aromatic ring is 1. The van der Waals surface area contributed by atoms with Gasteiger partial charge in [0, 0.05) is 24.8 Å². The second-order valence-corrected chi connectivity index (χ2v) is 5.09. The molecule has 1 aliphatic rings. The zero-order valence-electron chi connectivity index (χ0n) is 11.3. The zero-order chi connectivity index (χ0) is 13.3. The first-order chi connectivity index (χ1) is 8.49. The summed E-state index contributed by atoms with van der Waals surface area (Å²) in [6.45, 7) is 3.89. The van der Waals surface area contributed by atoms with E-state index in [0.717, 1.165) is 36.6 Å². The number of hydrogen-bond donors (Lipinski definition) is 2. The maximum Gasteiger partial charge on any atom is 0.139 e. The summed E-state index contributed by atoms with van der Waals surface area (Å²) < 4.78 is 0. The van der Waals surface area contributed by atoms with Crippen LogP contribution in [-0.4, -0.2) is 48.9 Å². The average Bonchev–Trinajstić information content (AvgIpc) is 2.77. The fourth-order valence-electron chi connectivity index (χ4n) is 2.35. The molecule has 0 saturated carbocycles.